The fraction of sp³-hybridized carbons (Fsp3) is 0.650. The van der Waals surface area contributed by atoms with E-state index in [1.807, 2.05) is 6.07 Å². The monoisotopic (exact) mass is 300 g/mol. The fourth-order valence-electron chi connectivity index (χ4n) is 5.30. The van der Waals surface area contributed by atoms with E-state index in [1.165, 1.54) is 36.8 Å². The van der Waals surface area contributed by atoms with Gasteiger partial charge in [0, 0.05) is 5.56 Å². The van der Waals surface area contributed by atoms with E-state index in [-0.39, 0.29) is 11.2 Å². The summed E-state index contributed by atoms with van der Waals surface area (Å²) >= 11 is 0. The normalized spacial score (nSPS) is 29.4. The summed E-state index contributed by atoms with van der Waals surface area (Å²) in [5.74, 6) is 1.68. The van der Waals surface area contributed by atoms with Crippen molar-refractivity contribution in [3.63, 3.8) is 0 Å². The zero-order valence-corrected chi connectivity index (χ0v) is 14.6. The molecule has 1 aromatic carbocycles. The highest BCUT2D eigenvalue weighted by molar-refractivity contribution is 5.96. The van der Waals surface area contributed by atoms with Crippen LogP contribution in [0, 0.1) is 11.3 Å². The van der Waals surface area contributed by atoms with Gasteiger partial charge in [-0.15, -0.1) is 0 Å². The summed E-state index contributed by atoms with van der Waals surface area (Å²) in [6.07, 6.45) is 6.03. The van der Waals surface area contributed by atoms with Gasteiger partial charge in [0.05, 0.1) is 7.11 Å². The zero-order valence-electron chi connectivity index (χ0n) is 14.6. The standard InChI is InChI=1S/C20H28O2/c1-13(21)16-11-14(22-5)12-17-15(16)7-8-18-19(2,3)9-6-10-20(17,18)4/h11-12,18H,6-10H2,1-5H3/t18-,20+/m0/s1. The van der Waals surface area contributed by atoms with E-state index in [0.29, 0.717) is 11.3 Å². The van der Waals surface area contributed by atoms with Crippen LogP contribution in [0.1, 0.15) is 74.9 Å². The van der Waals surface area contributed by atoms with Crippen LogP contribution in [0.25, 0.3) is 0 Å². The lowest BCUT2D eigenvalue weighted by molar-refractivity contribution is 0.0404. The molecule has 0 radical (unpaired) electrons. The maximum absolute atomic E-state index is 12.1. The first-order valence-electron chi connectivity index (χ1n) is 8.52. The number of hydrogen-bond donors (Lipinski definition) is 0. The van der Waals surface area contributed by atoms with Gasteiger partial charge in [0.15, 0.2) is 5.78 Å². The number of ether oxygens (including phenoxy) is 1. The van der Waals surface area contributed by atoms with Gasteiger partial charge < -0.3 is 4.74 Å². The molecule has 0 amide bonds. The number of benzene rings is 1. The summed E-state index contributed by atoms with van der Waals surface area (Å²) in [5, 5.41) is 0. The summed E-state index contributed by atoms with van der Waals surface area (Å²) in [7, 11) is 1.69. The Kier molecular flexibility index (Phi) is 3.62. The molecule has 0 saturated heterocycles. The quantitative estimate of drug-likeness (QED) is 0.724. The van der Waals surface area contributed by atoms with Crippen molar-refractivity contribution in [2.45, 2.75) is 65.2 Å². The van der Waals surface area contributed by atoms with Crippen LogP contribution in [0.4, 0.5) is 0 Å². The largest absolute Gasteiger partial charge is 0.497 e. The molecule has 2 heteroatoms. The third-order valence-electron chi connectivity index (χ3n) is 6.37. The van der Waals surface area contributed by atoms with E-state index in [1.54, 1.807) is 14.0 Å². The molecule has 0 aromatic heterocycles. The molecule has 22 heavy (non-hydrogen) atoms. The van der Waals surface area contributed by atoms with Gasteiger partial charge in [0.1, 0.15) is 5.75 Å². The predicted octanol–water partition coefficient (Wildman–Crippen LogP) is 4.93. The minimum Gasteiger partial charge on any atom is -0.497 e. The first kappa shape index (κ1) is 15.6. The van der Waals surface area contributed by atoms with Crippen molar-refractivity contribution in [2.24, 2.45) is 11.3 Å². The Morgan fingerprint density at radius 1 is 1.23 bits per heavy atom. The molecular weight excluding hydrogens is 272 g/mol. The number of ketones is 1. The summed E-state index contributed by atoms with van der Waals surface area (Å²) in [5.41, 5.74) is 4.08. The third-order valence-corrected chi connectivity index (χ3v) is 6.37. The van der Waals surface area contributed by atoms with Crippen LogP contribution in [-0.4, -0.2) is 12.9 Å². The van der Waals surface area contributed by atoms with Crippen molar-refractivity contribution in [1.82, 2.24) is 0 Å². The Morgan fingerprint density at radius 3 is 2.59 bits per heavy atom. The molecule has 0 heterocycles. The average Bonchev–Trinajstić information content (AvgIpc) is 2.45. The number of carbonyl (C=O) groups is 1. The van der Waals surface area contributed by atoms with Crippen molar-refractivity contribution in [3.8, 4) is 5.75 Å². The lowest BCUT2D eigenvalue weighted by atomic mass is 9.50. The molecule has 1 fully saturated rings. The minimum absolute atomic E-state index is 0.160. The van der Waals surface area contributed by atoms with Gasteiger partial charge >= 0.3 is 0 Å². The lowest BCUT2D eigenvalue weighted by Gasteiger charge is -2.54. The van der Waals surface area contributed by atoms with Crippen LogP contribution >= 0.6 is 0 Å². The number of carbonyl (C=O) groups excluding carboxylic acids is 1. The Balaban J connectivity index is 2.21. The van der Waals surface area contributed by atoms with E-state index in [2.05, 4.69) is 26.8 Å². The average molecular weight is 300 g/mol. The second-order valence-corrected chi connectivity index (χ2v) is 8.11. The second kappa shape index (κ2) is 5.11. The number of hydrogen-bond acceptors (Lipinski definition) is 2. The number of rotatable bonds is 2. The topological polar surface area (TPSA) is 26.3 Å². The van der Waals surface area contributed by atoms with E-state index >= 15 is 0 Å². The molecule has 0 unspecified atom stereocenters. The predicted molar refractivity (Wildman–Crippen MR) is 89.8 cm³/mol. The number of methoxy groups -OCH3 is 1. The fourth-order valence-corrected chi connectivity index (χ4v) is 5.30. The Hall–Kier alpha value is -1.31. The van der Waals surface area contributed by atoms with Crippen LogP contribution < -0.4 is 4.74 Å². The summed E-state index contributed by atoms with van der Waals surface area (Å²) in [4.78, 5) is 12.1. The Bertz CT molecular complexity index is 614. The van der Waals surface area contributed by atoms with Crippen molar-refractivity contribution >= 4 is 5.78 Å². The molecule has 0 aliphatic heterocycles. The first-order valence-corrected chi connectivity index (χ1v) is 8.52. The summed E-state index contributed by atoms with van der Waals surface area (Å²) in [6, 6.07) is 4.13. The maximum atomic E-state index is 12.1. The van der Waals surface area contributed by atoms with Gasteiger partial charge in [-0.2, -0.15) is 0 Å². The second-order valence-electron chi connectivity index (χ2n) is 8.11. The van der Waals surface area contributed by atoms with Crippen LogP contribution in [0.5, 0.6) is 5.75 Å². The Labute approximate surface area is 134 Å². The molecule has 2 nitrogen and oxygen atoms in total. The van der Waals surface area contributed by atoms with Gasteiger partial charge in [0.25, 0.3) is 0 Å². The SMILES string of the molecule is COc1cc(C(C)=O)c2c(c1)[C@@]1(C)CCCC(C)(C)[C@@H]1CC2. The van der Waals surface area contributed by atoms with E-state index in [9.17, 15) is 4.79 Å². The molecule has 2 aliphatic rings. The zero-order chi connectivity index (χ0) is 16.1. The lowest BCUT2D eigenvalue weighted by Crippen LogP contribution is -2.48. The number of fused-ring (bicyclic) bond motifs is 3. The van der Waals surface area contributed by atoms with Crippen LogP contribution in [0.2, 0.25) is 0 Å². The molecule has 2 aliphatic carbocycles. The third kappa shape index (κ3) is 2.19. The molecular formula is C20H28O2. The van der Waals surface area contributed by atoms with Gasteiger partial charge in [0.2, 0.25) is 0 Å². The minimum atomic E-state index is 0.160. The highest BCUT2D eigenvalue weighted by Gasteiger charge is 2.50. The van der Waals surface area contributed by atoms with Gasteiger partial charge in [-0.3, -0.25) is 4.79 Å². The highest BCUT2D eigenvalue weighted by Crippen LogP contribution is 2.57. The van der Waals surface area contributed by atoms with Crippen LogP contribution in [0.3, 0.4) is 0 Å². The van der Waals surface area contributed by atoms with E-state index in [4.69, 9.17) is 4.74 Å². The van der Waals surface area contributed by atoms with Gasteiger partial charge in [-0.05, 0) is 72.6 Å². The summed E-state index contributed by atoms with van der Waals surface area (Å²) < 4.78 is 5.50. The molecule has 1 aromatic rings. The van der Waals surface area contributed by atoms with Crippen molar-refractivity contribution < 1.29 is 9.53 Å². The molecule has 120 valence electrons. The van der Waals surface area contributed by atoms with Crippen molar-refractivity contribution in [1.29, 1.82) is 0 Å². The molecule has 3 rings (SSSR count). The number of Topliss-reactive ketones (excluding diaryl/α,β-unsaturated/α-hetero) is 1. The first-order chi connectivity index (χ1) is 10.3. The van der Waals surface area contributed by atoms with E-state index < -0.39 is 0 Å². The van der Waals surface area contributed by atoms with Crippen LogP contribution in [0.15, 0.2) is 12.1 Å². The smallest absolute Gasteiger partial charge is 0.160 e. The molecule has 0 bridgehead atoms. The van der Waals surface area contributed by atoms with Crippen molar-refractivity contribution in [3.05, 3.63) is 28.8 Å². The molecule has 1 saturated carbocycles. The maximum Gasteiger partial charge on any atom is 0.160 e. The summed E-state index contributed by atoms with van der Waals surface area (Å²) in [6.45, 7) is 8.94. The Morgan fingerprint density at radius 2 is 1.95 bits per heavy atom. The molecule has 0 N–H and O–H groups in total. The van der Waals surface area contributed by atoms with Gasteiger partial charge in [-0.25, -0.2) is 0 Å². The molecule has 2 atom stereocenters. The highest BCUT2D eigenvalue weighted by atomic mass is 16.5. The van der Waals surface area contributed by atoms with Gasteiger partial charge in [-0.1, -0.05) is 27.2 Å². The van der Waals surface area contributed by atoms with Crippen molar-refractivity contribution in [2.75, 3.05) is 7.11 Å². The van der Waals surface area contributed by atoms with E-state index in [0.717, 1.165) is 17.7 Å². The van der Waals surface area contributed by atoms with Crippen LogP contribution in [-0.2, 0) is 11.8 Å². The molecule has 0 spiro atoms.